The summed E-state index contributed by atoms with van der Waals surface area (Å²) in [7, 11) is 0. The molecule has 0 saturated carbocycles. The molecule has 0 unspecified atom stereocenters. The Morgan fingerprint density at radius 3 is 2.60 bits per heavy atom. The van der Waals surface area contributed by atoms with E-state index in [1.807, 2.05) is 42.9 Å². The Labute approximate surface area is 201 Å². The molecule has 172 valence electrons. The number of anilines is 3. The van der Waals surface area contributed by atoms with Gasteiger partial charge in [-0.2, -0.15) is 5.10 Å². The molecular weight excluding hydrogens is 438 g/mol. The molecule has 0 amide bonds. The molecule has 0 bridgehead atoms. The first-order chi connectivity index (χ1) is 17.2. The number of nitrogens with zero attached hydrogens (tertiary/aromatic N) is 5. The summed E-state index contributed by atoms with van der Waals surface area (Å²) in [6, 6.07) is 10.2. The van der Waals surface area contributed by atoms with E-state index < -0.39 is 0 Å². The Morgan fingerprint density at radius 1 is 0.857 bits per heavy atom. The van der Waals surface area contributed by atoms with Crippen molar-refractivity contribution in [3.8, 4) is 22.5 Å². The molecule has 4 N–H and O–H groups in total. The summed E-state index contributed by atoms with van der Waals surface area (Å²) in [6.45, 7) is 4.20. The largest absolute Gasteiger partial charge is 0.382 e. The average Bonchev–Trinajstić information content (AvgIpc) is 3.32. The number of aromatic nitrogens is 6. The average molecular weight is 462 g/mol. The standard InChI is InChI=1S/C26H23N9/c1-15(2)32-18-9-17(11-28-12-18)21-10-19-22(13-30-21)34-35-25(19)23-14-31-26-20(33-23)5-8-29-24(26)16-3-6-27-7-4-16/h3-15,31-33H,1-2H3,(H,34,35). The first kappa shape index (κ1) is 20.8. The summed E-state index contributed by atoms with van der Waals surface area (Å²) >= 11 is 0. The van der Waals surface area contributed by atoms with Gasteiger partial charge < -0.3 is 16.0 Å². The highest BCUT2D eigenvalue weighted by atomic mass is 15.1. The third-order valence-electron chi connectivity index (χ3n) is 5.73. The molecule has 0 fully saturated rings. The molecule has 0 aliphatic carbocycles. The van der Waals surface area contributed by atoms with Gasteiger partial charge in [-0.15, -0.1) is 0 Å². The number of hydrogen-bond acceptors (Lipinski definition) is 8. The van der Waals surface area contributed by atoms with E-state index in [1.165, 1.54) is 0 Å². The van der Waals surface area contributed by atoms with Gasteiger partial charge in [0.15, 0.2) is 0 Å². The fourth-order valence-electron chi connectivity index (χ4n) is 4.17. The fourth-order valence-corrected chi connectivity index (χ4v) is 4.17. The van der Waals surface area contributed by atoms with Gasteiger partial charge in [0.25, 0.3) is 0 Å². The molecule has 0 radical (unpaired) electrons. The van der Waals surface area contributed by atoms with Crippen molar-refractivity contribution in [2.75, 3.05) is 16.0 Å². The third-order valence-corrected chi connectivity index (χ3v) is 5.73. The molecule has 0 atom stereocenters. The van der Waals surface area contributed by atoms with E-state index in [0.717, 1.165) is 61.9 Å². The van der Waals surface area contributed by atoms with E-state index in [2.05, 4.69) is 66.0 Å². The van der Waals surface area contributed by atoms with Crippen molar-refractivity contribution in [3.05, 3.63) is 79.4 Å². The molecule has 5 aromatic heterocycles. The molecule has 6 rings (SSSR count). The van der Waals surface area contributed by atoms with E-state index >= 15 is 0 Å². The zero-order chi connectivity index (χ0) is 23.8. The molecule has 9 heteroatoms. The van der Waals surface area contributed by atoms with Crippen molar-refractivity contribution in [2.24, 2.45) is 0 Å². The van der Waals surface area contributed by atoms with Gasteiger partial charge in [0.1, 0.15) is 5.69 Å². The molecule has 35 heavy (non-hydrogen) atoms. The van der Waals surface area contributed by atoms with Gasteiger partial charge in [-0.25, -0.2) is 0 Å². The third kappa shape index (κ3) is 3.93. The monoisotopic (exact) mass is 461 g/mol. The predicted molar refractivity (Wildman–Crippen MR) is 139 cm³/mol. The summed E-state index contributed by atoms with van der Waals surface area (Å²) in [5.41, 5.74) is 8.91. The number of rotatable bonds is 5. The topological polar surface area (TPSA) is 116 Å². The van der Waals surface area contributed by atoms with Crippen LogP contribution in [0.3, 0.4) is 0 Å². The van der Waals surface area contributed by atoms with Crippen LogP contribution in [0.1, 0.15) is 19.5 Å². The van der Waals surface area contributed by atoms with Crippen LogP contribution < -0.4 is 16.0 Å². The van der Waals surface area contributed by atoms with Crippen LogP contribution in [0.25, 0.3) is 39.1 Å². The van der Waals surface area contributed by atoms with Crippen LogP contribution in [-0.2, 0) is 0 Å². The number of hydrogen-bond donors (Lipinski definition) is 4. The van der Waals surface area contributed by atoms with Gasteiger partial charge in [-0.1, -0.05) is 0 Å². The molecular formula is C26H23N9. The number of pyridine rings is 4. The summed E-state index contributed by atoms with van der Waals surface area (Å²) in [6.07, 6.45) is 12.7. The quantitative estimate of drug-likeness (QED) is 0.285. The first-order valence-corrected chi connectivity index (χ1v) is 11.4. The maximum Gasteiger partial charge on any atom is 0.118 e. The highest BCUT2D eigenvalue weighted by molar-refractivity contribution is 5.99. The van der Waals surface area contributed by atoms with Gasteiger partial charge in [-0.05, 0) is 44.2 Å². The van der Waals surface area contributed by atoms with E-state index in [9.17, 15) is 0 Å². The second-order valence-corrected chi connectivity index (χ2v) is 8.59. The molecule has 1 aliphatic heterocycles. The highest BCUT2D eigenvalue weighted by Gasteiger charge is 2.20. The number of H-pyrrole nitrogens is 1. The maximum absolute atomic E-state index is 4.63. The molecule has 0 saturated heterocycles. The molecule has 1 aliphatic rings. The zero-order valence-corrected chi connectivity index (χ0v) is 19.2. The second kappa shape index (κ2) is 8.53. The zero-order valence-electron chi connectivity index (χ0n) is 19.2. The van der Waals surface area contributed by atoms with Crippen molar-refractivity contribution < 1.29 is 0 Å². The summed E-state index contributed by atoms with van der Waals surface area (Å²) < 4.78 is 0. The molecule has 0 aromatic carbocycles. The lowest BCUT2D eigenvalue weighted by Gasteiger charge is -2.21. The minimum Gasteiger partial charge on any atom is -0.382 e. The number of aromatic amines is 1. The van der Waals surface area contributed by atoms with Crippen molar-refractivity contribution in [3.63, 3.8) is 0 Å². The van der Waals surface area contributed by atoms with Crippen LogP contribution in [-0.4, -0.2) is 36.2 Å². The Morgan fingerprint density at radius 2 is 1.74 bits per heavy atom. The predicted octanol–water partition coefficient (Wildman–Crippen LogP) is 5.13. The summed E-state index contributed by atoms with van der Waals surface area (Å²) in [5.74, 6) is 0. The van der Waals surface area contributed by atoms with E-state index in [4.69, 9.17) is 0 Å². The molecule has 6 heterocycles. The van der Waals surface area contributed by atoms with Gasteiger partial charge in [0.2, 0.25) is 0 Å². The minimum atomic E-state index is 0.317. The van der Waals surface area contributed by atoms with Gasteiger partial charge in [0.05, 0.1) is 45.9 Å². The Hall–Kier alpha value is -4.79. The van der Waals surface area contributed by atoms with Crippen LogP contribution in [0.4, 0.5) is 17.1 Å². The Bertz CT molecular complexity index is 1550. The SMILES string of the molecule is CC(C)Nc1cncc(-c2cc3c(C4=CNc5c(ccnc5-c5ccncc5)N4)n[nH]c3cn2)c1. The van der Waals surface area contributed by atoms with Crippen molar-refractivity contribution in [1.29, 1.82) is 0 Å². The smallest absolute Gasteiger partial charge is 0.118 e. The molecule has 0 spiro atoms. The lowest BCUT2D eigenvalue weighted by atomic mass is 10.1. The Kier molecular flexibility index (Phi) is 5.07. The van der Waals surface area contributed by atoms with Crippen LogP contribution in [0, 0.1) is 0 Å². The van der Waals surface area contributed by atoms with Crippen molar-refractivity contribution >= 4 is 33.7 Å². The van der Waals surface area contributed by atoms with E-state index in [-0.39, 0.29) is 0 Å². The van der Waals surface area contributed by atoms with Gasteiger partial charge >= 0.3 is 0 Å². The summed E-state index contributed by atoms with van der Waals surface area (Å²) in [4.78, 5) is 17.7. The minimum absolute atomic E-state index is 0.317. The van der Waals surface area contributed by atoms with Crippen molar-refractivity contribution in [1.82, 2.24) is 30.1 Å². The van der Waals surface area contributed by atoms with Crippen molar-refractivity contribution in [2.45, 2.75) is 19.9 Å². The van der Waals surface area contributed by atoms with Gasteiger partial charge in [0, 0.05) is 59.7 Å². The number of nitrogens with one attached hydrogen (secondary N) is 4. The van der Waals surface area contributed by atoms with E-state index in [1.54, 1.807) is 24.8 Å². The lowest BCUT2D eigenvalue weighted by molar-refractivity contribution is 0.898. The lowest BCUT2D eigenvalue weighted by Crippen LogP contribution is -2.11. The molecule has 9 nitrogen and oxygen atoms in total. The van der Waals surface area contributed by atoms with Gasteiger partial charge in [-0.3, -0.25) is 25.0 Å². The summed E-state index contributed by atoms with van der Waals surface area (Å²) in [5, 5.41) is 18.9. The van der Waals surface area contributed by atoms with Crippen LogP contribution in [0.2, 0.25) is 0 Å². The maximum atomic E-state index is 4.63. The van der Waals surface area contributed by atoms with Crippen LogP contribution >= 0.6 is 0 Å². The van der Waals surface area contributed by atoms with Crippen LogP contribution in [0.5, 0.6) is 0 Å². The number of fused-ring (bicyclic) bond motifs is 2. The second-order valence-electron chi connectivity index (χ2n) is 8.59. The first-order valence-electron chi connectivity index (χ1n) is 11.4. The highest BCUT2D eigenvalue weighted by Crippen LogP contribution is 2.38. The Balaban J connectivity index is 1.35. The van der Waals surface area contributed by atoms with Crippen LogP contribution in [0.15, 0.2) is 73.7 Å². The fraction of sp³-hybridized carbons (Fsp3) is 0.115. The van der Waals surface area contributed by atoms with E-state index in [0.29, 0.717) is 6.04 Å². The molecule has 5 aromatic rings. The normalized spacial score (nSPS) is 12.6.